The van der Waals surface area contributed by atoms with Crippen LogP contribution < -0.4 is 36.6 Å². The van der Waals surface area contributed by atoms with E-state index in [9.17, 15) is 27.6 Å². The van der Waals surface area contributed by atoms with E-state index in [1.54, 1.807) is 6.07 Å². The van der Waals surface area contributed by atoms with Crippen molar-refractivity contribution in [2.75, 3.05) is 84.4 Å². The van der Waals surface area contributed by atoms with Crippen LogP contribution in [0.2, 0.25) is 10.0 Å². The van der Waals surface area contributed by atoms with Crippen molar-refractivity contribution in [3.8, 4) is 16.9 Å². The molecule has 5 heterocycles. The number of likely N-dealkylation sites (tertiary alicyclic amines) is 2. The van der Waals surface area contributed by atoms with Gasteiger partial charge in [-0.15, -0.1) is 0 Å². The van der Waals surface area contributed by atoms with E-state index in [0.29, 0.717) is 48.4 Å². The summed E-state index contributed by atoms with van der Waals surface area (Å²) in [5, 5.41) is 17.6. The number of aromatic nitrogens is 5. The molecular weight excluding hydrogens is 1100 g/mol. The largest absolute Gasteiger partial charge is 0.497 e. The third kappa shape index (κ3) is 15.4. The second-order valence-corrected chi connectivity index (χ2v) is 20.4. The van der Waals surface area contributed by atoms with Gasteiger partial charge in [-0.25, -0.2) is 24.9 Å². The lowest BCUT2D eigenvalue weighted by atomic mass is 9.99. The van der Waals surface area contributed by atoms with Crippen molar-refractivity contribution in [3.63, 3.8) is 0 Å². The second kappa shape index (κ2) is 26.3. The average molecular weight is 1160 g/mol. The van der Waals surface area contributed by atoms with Crippen molar-refractivity contribution >= 4 is 87.1 Å². The highest BCUT2D eigenvalue weighted by molar-refractivity contribution is 6.35. The summed E-state index contributed by atoms with van der Waals surface area (Å²) in [5.41, 5.74) is 0.908. The molecule has 3 aliphatic rings. The maximum atomic E-state index is 14.4. The number of nitrogens with one attached hydrogen (secondary N) is 6. The fraction of sp³-hybridized carbons (Fsp3) is 0.254. The number of halogens is 5. The van der Waals surface area contributed by atoms with Crippen molar-refractivity contribution in [1.82, 2.24) is 34.7 Å². The number of nitrogens with zero attached hydrogens (tertiary/aromatic N) is 7. The van der Waals surface area contributed by atoms with Gasteiger partial charge in [-0.2, -0.15) is 13.2 Å². The molecule has 3 aromatic heterocycles. The minimum absolute atomic E-state index is 0.0450. The lowest BCUT2D eigenvalue weighted by Crippen LogP contribution is -2.25. The fourth-order valence-corrected chi connectivity index (χ4v) is 9.89. The van der Waals surface area contributed by atoms with Crippen LogP contribution in [-0.4, -0.2) is 111 Å². The molecule has 7 aromatic rings. The highest BCUT2D eigenvalue weighted by Crippen LogP contribution is 2.35. The van der Waals surface area contributed by atoms with Crippen molar-refractivity contribution in [3.05, 3.63) is 178 Å². The Kier molecular flexibility index (Phi) is 18.2. The van der Waals surface area contributed by atoms with Gasteiger partial charge in [0.15, 0.2) is 0 Å². The SMILES string of the molecule is O=C(Nc1ccc(C(=O)Nc2cnc(Nc3cccc(OCCN4CCCC4)c3)nc2)c(Cl)c1)c1cc(-c2ccnc(Nc3ccc(Cl)c(C(=O)Nc4cnc(NC5C=CC=C(OCCN6CCCC6)C5)nc4)c3)c2)cc(C(F)(F)F)c1. The van der Waals surface area contributed by atoms with Gasteiger partial charge in [-0.05, 0) is 148 Å². The summed E-state index contributed by atoms with van der Waals surface area (Å²) in [5.74, 6) is 0.414. The molecule has 2 saturated heterocycles. The Morgan fingerprint density at radius 2 is 1.24 bits per heavy atom. The van der Waals surface area contributed by atoms with Gasteiger partial charge >= 0.3 is 6.18 Å². The third-order valence-corrected chi connectivity index (χ3v) is 14.3. The van der Waals surface area contributed by atoms with Gasteiger partial charge in [-0.1, -0.05) is 41.4 Å². The molecule has 0 spiro atoms. The Morgan fingerprint density at radius 3 is 1.94 bits per heavy atom. The van der Waals surface area contributed by atoms with E-state index in [2.05, 4.69) is 66.6 Å². The summed E-state index contributed by atoms with van der Waals surface area (Å²) < 4.78 is 55.2. The molecular formula is C59H56Cl2F3N13O5. The quantitative estimate of drug-likeness (QED) is 0.0395. The Hall–Kier alpha value is -8.63. The van der Waals surface area contributed by atoms with E-state index < -0.39 is 29.5 Å². The van der Waals surface area contributed by atoms with Crippen LogP contribution in [0.1, 0.15) is 68.7 Å². The first kappa shape index (κ1) is 56.6. The van der Waals surface area contributed by atoms with Crippen LogP contribution in [0, 0.1) is 0 Å². The average Bonchev–Trinajstić information content (AvgIpc) is 4.21. The lowest BCUT2D eigenvalue weighted by Gasteiger charge is -2.21. The minimum Gasteiger partial charge on any atom is -0.497 e. The van der Waals surface area contributed by atoms with Gasteiger partial charge in [-0.3, -0.25) is 24.2 Å². The van der Waals surface area contributed by atoms with E-state index in [1.807, 2.05) is 42.5 Å². The molecule has 1 unspecified atom stereocenters. The van der Waals surface area contributed by atoms with Crippen LogP contribution in [-0.2, 0) is 10.9 Å². The molecule has 0 radical (unpaired) electrons. The minimum atomic E-state index is -4.82. The summed E-state index contributed by atoms with van der Waals surface area (Å²) in [4.78, 5) is 67.0. The van der Waals surface area contributed by atoms with Crippen molar-refractivity contribution in [2.24, 2.45) is 0 Å². The number of allylic oxidation sites excluding steroid dienone is 2. The van der Waals surface area contributed by atoms with Crippen LogP contribution in [0.3, 0.4) is 0 Å². The number of hydrogen-bond donors (Lipinski definition) is 6. The van der Waals surface area contributed by atoms with Gasteiger partial charge in [0.2, 0.25) is 11.9 Å². The first-order valence-electron chi connectivity index (χ1n) is 26.6. The van der Waals surface area contributed by atoms with Gasteiger partial charge in [0.05, 0.1) is 74.7 Å². The number of benzene rings is 4. The molecule has 1 aliphatic carbocycles. The number of ether oxygens (including phenoxy) is 2. The smallest absolute Gasteiger partial charge is 0.416 e. The number of anilines is 8. The van der Waals surface area contributed by atoms with E-state index in [1.165, 1.54) is 105 Å². The van der Waals surface area contributed by atoms with Crippen molar-refractivity contribution in [1.29, 1.82) is 0 Å². The molecule has 1 atom stereocenters. The highest BCUT2D eigenvalue weighted by Gasteiger charge is 2.32. The zero-order chi connectivity index (χ0) is 57.0. The predicted octanol–water partition coefficient (Wildman–Crippen LogP) is 12.1. The number of rotatable bonds is 21. The second-order valence-electron chi connectivity index (χ2n) is 19.6. The van der Waals surface area contributed by atoms with Gasteiger partial charge < -0.3 is 41.4 Å². The number of alkyl halides is 3. The van der Waals surface area contributed by atoms with E-state index in [0.717, 1.165) is 57.2 Å². The predicted molar refractivity (Wildman–Crippen MR) is 311 cm³/mol. The van der Waals surface area contributed by atoms with Crippen LogP contribution in [0.5, 0.6) is 5.75 Å². The Bertz CT molecular complexity index is 3490. The van der Waals surface area contributed by atoms with Crippen LogP contribution in [0.4, 0.5) is 59.3 Å². The zero-order valence-electron chi connectivity index (χ0n) is 44.1. The van der Waals surface area contributed by atoms with Gasteiger partial charge in [0.1, 0.15) is 24.8 Å². The molecule has 6 N–H and O–H groups in total. The standard InChI is InChI=1S/C59H56Cl2F3N13O5/c60-51-14-12-43(31-50(51)56(80)73-46-35-68-58(69-36-46)75-42-8-6-10-48(30-42)82-24-22-77-19-3-4-20-77)70-53-28-37(15-16-65-53)38-25-39(27-40(26-38)59(62,63)64)54(78)71-44-11-13-49(52(61)32-44)55(79)72-45-33-66-57(67-34-45)74-41-7-5-9-47(29-41)81-23-21-76-17-1-2-18-76/h5-16,25-29,31-36,42H,1-4,17-24,30H2,(H,65,70)(H,71,78)(H,72,79)(H,73,80)(H,66,67,74)(H,68,69,75). The maximum Gasteiger partial charge on any atom is 0.416 e. The van der Waals surface area contributed by atoms with E-state index in [4.69, 9.17) is 32.7 Å². The fourth-order valence-electron chi connectivity index (χ4n) is 9.42. The molecule has 0 saturated carbocycles. The van der Waals surface area contributed by atoms with E-state index in [-0.39, 0.29) is 67.0 Å². The molecule has 0 bridgehead atoms. The van der Waals surface area contributed by atoms with Crippen LogP contribution in [0.25, 0.3) is 11.1 Å². The molecule has 2 fully saturated rings. The van der Waals surface area contributed by atoms with Crippen molar-refractivity contribution in [2.45, 2.75) is 44.3 Å². The monoisotopic (exact) mass is 1150 g/mol. The molecule has 10 rings (SSSR count). The summed E-state index contributed by atoms with van der Waals surface area (Å²) in [6, 6.07) is 22.0. The lowest BCUT2D eigenvalue weighted by molar-refractivity contribution is -0.137. The Labute approximate surface area is 480 Å². The summed E-state index contributed by atoms with van der Waals surface area (Å²) in [6.07, 6.45) is 13.8. The molecule has 18 nitrogen and oxygen atoms in total. The summed E-state index contributed by atoms with van der Waals surface area (Å²) in [6.45, 7) is 7.39. The number of pyridine rings is 1. The van der Waals surface area contributed by atoms with E-state index >= 15 is 0 Å². The zero-order valence-corrected chi connectivity index (χ0v) is 45.6. The number of carbonyl (C=O) groups is 3. The van der Waals surface area contributed by atoms with Crippen molar-refractivity contribution < 1.29 is 37.0 Å². The van der Waals surface area contributed by atoms with Crippen LogP contribution in [0.15, 0.2) is 146 Å². The first-order valence-corrected chi connectivity index (χ1v) is 27.3. The Balaban J connectivity index is 0.733. The molecule has 2 aliphatic heterocycles. The summed E-state index contributed by atoms with van der Waals surface area (Å²) >= 11 is 13.0. The molecule has 422 valence electrons. The number of amides is 3. The molecule has 82 heavy (non-hydrogen) atoms. The normalized spacial score (nSPS) is 15.3. The highest BCUT2D eigenvalue weighted by atomic mass is 35.5. The topological polar surface area (TPSA) is 213 Å². The number of carbonyl (C=O) groups excluding carboxylic acids is 3. The van der Waals surface area contributed by atoms with Gasteiger partial charge in [0, 0.05) is 54.4 Å². The maximum absolute atomic E-state index is 14.4. The molecule has 3 amide bonds. The third-order valence-electron chi connectivity index (χ3n) is 13.6. The summed E-state index contributed by atoms with van der Waals surface area (Å²) in [7, 11) is 0. The molecule has 4 aromatic carbocycles. The number of hydrogen-bond acceptors (Lipinski definition) is 15. The first-order chi connectivity index (χ1) is 39.7. The van der Waals surface area contributed by atoms with Gasteiger partial charge in [0.25, 0.3) is 17.7 Å². The Morgan fingerprint density at radius 1 is 0.598 bits per heavy atom. The van der Waals surface area contributed by atoms with Crippen LogP contribution >= 0.6 is 23.2 Å². The molecule has 23 heteroatoms.